The van der Waals surface area contributed by atoms with E-state index in [0.717, 1.165) is 43.4 Å². The van der Waals surface area contributed by atoms with E-state index in [9.17, 15) is 14.0 Å². The van der Waals surface area contributed by atoms with Crippen LogP contribution < -0.4 is 10.6 Å². The molecule has 2 saturated carbocycles. The molecule has 2 amide bonds. The van der Waals surface area contributed by atoms with E-state index in [4.69, 9.17) is 0 Å². The van der Waals surface area contributed by atoms with Gasteiger partial charge in [-0.15, -0.1) is 0 Å². The second-order valence-electron chi connectivity index (χ2n) is 11.9. The Morgan fingerprint density at radius 2 is 1.61 bits per heavy atom. The molecule has 41 heavy (non-hydrogen) atoms. The Kier molecular flexibility index (Phi) is 7.78. The molecule has 6 rings (SSSR count). The van der Waals surface area contributed by atoms with Gasteiger partial charge in [-0.1, -0.05) is 49.6 Å². The second-order valence-corrected chi connectivity index (χ2v) is 11.9. The molecule has 3 fully saturated rings. The zero-order valence-electron chi connectivity index (χ0n) is 23.4. The van der Waals surface area contributed by atoms with Crippen LogP contribution in [0.5, 0.6) is 0 Å². The average Bonchev–Trinajstić information content (AvgIpc) is 3.64. The summed E-state index contributed by atoms with van der Waals surface area (Å²) < 4.78 is 29.1. The van der Waals surface area contributed by atoms with Crippen molar-refractivity contribution in [3.05, 3.63) is 95.1 Å². The molecule has 5 nitrogen and oxygen atoms in total. The first-order valence-electron chi connectivity index (χ1n) is 14.9. The van der Waals surface area contributed by atoms with Crippen molar-refractivity contribution in [2.45, 2.75) is 76.4 Å². The minimum Gasteiger partial charge on any atom is -0.382 e. The Labute approximate surface area is 240 Å². The highest BCUT2D eigenvalue weighted by Gasteiger charge is 2.50. The van der Waals surface area contributed by atoms with Crippen LogP contribution in [0.3, 0.4) is 0 Å². The highest BCUT2D eigenvalue weighted by molar-refractivity contribution is 5.98. The molecule has 1 heterocycles. The number of aryl methyl sites for hydroxylation is 1. The maximum absolute atomic E-state index is 15.2. The summed E-state index contributed by atoms with van der Waals surface area (Å²) in [6.45, 7) is 1.75. The Balaban J connectivity index is 1.40. The van der Waals surface area contributed by atoms with Crippen molar-refractivity contribution in [1.29, 1.82) is 0 Å². The van der Waals surface area contributed by atoms with Crippen molar-refractivity contribution >= 4 is 23.2 Å². The van der Waals surface area contributed by atoms with E-state index >= 15 is 4.39 Å². The van der Waals surface area contributed by atoms with Gasteiger partial charge in [0.2, 0.25) is 5.91 Å². The van der Waals surface area contributed by atoms with Crippen molar-refractivity contribution in [3.63, 3.8) is 0 Å². The summed E-state index contributed by atoms with van der Waals surface area (Å²) in [4.78, 5) is 30.1. The lowest BCUT2D eigenvalue weighted by molar-refractivity contribution is -0.125. The molecule has 0 spiro atoms. The maximum Gasteiger partial charge on any atom is 0.257 e. The Morgan fingerprint density at radius 1 is 0.854 bits per heavy atom. The molecule has 4 unspecified atom stereocenters. The van der Waals surface area contributed by atoms with Crippen LogP contribution in [0.15, 0.2) is 66.7 Å². The number of carbonyl (C=O) groups is 2. The summed E-state index contributed by atoms with van der Waals surface area (Å²) in [6, 6.07) is 18.3. The number of carbonyl (C=O) groups excluding carboxylic acids is 2. The van der Waals surface area contributed by atoms with E-state index in [0.29, 0.717) is 23.7 Å². The number of halogens is 2. The van der Waals surface area contributed by atoms with Crippen LogP contribution in [0.25, 0.3) is 0 Å². The minimum absolute atomic E-state index is 0.0638. The van der Waals surface area contributed by atoms with Gasteiger partial charge in [0.25, 0.3) is 5.91 Å². The molecule has 0 aromatic heterocycles. The summed E-state index contributed by atoms with van der Waals surface area (Å²) >= 11 is 0. The largest absolute Gasteiger partial charge is 0.382 e. The molecule has 4 atom stereocenters. The smallest absolute Gasteiger partial charge is 0.257 e. The lowest BCUT2D eigenvalue weighted by Crippen LogP contribution is -2.54. The molecule has 2 aliphatic carbocycles. The topological polar surface area (TPSA) is 61.4 Å². The number of rotatable bonds is 6. The highest BCUT2D eigenvalue weighted by atomic mass is 19.1. The normalized spacial score (nSPS) is 24.2. The number of fused-ring (bicyclic) bond motifs is 1. The number of benzene rings is 3. The predicted molar refractivity (Wildman–Crippen MR) is 157 cm³/mol. The summed E-state index contributed by atoms with van der Waals surface area (Å²) in [6.07, 6.45) is 8.05. The number of nitrogens with one attached hydrogen (secondary N) is 2. The molecule has 3 aromatic carbocycles. The summed E-state index contributed by atoms with van der Waals surface area (Å²) in [5.41, 5.74) is 2.87. The monoisotopic (exact) mass is 557 g/mol. The third kappa shape index (κ3) is 5.59. The van der Waals surface area contributed by atoms with Crippen LogP contribution in [0.1, 0.15) is 78.9 Å². The molecule has 1 saturated heterocycles. The van der Waals surface area contributed by atoms with E-state index in [1.807, 2.05) is 29.2 Å². The van der Waals surface area contributed by atoms with Gasteiger partial charge in [0.1, 0.15) is 11.6 Å². The van der Waals surface area contributed by atoms with E-state index in [-0.39, 0.29) is 29.3 Å². The van der Waals surface area contributed by atoms with Crippen LogP contribution >= 0.6 is 0 Å². The van der Waals surface area contributed by atoms with Crippen LogP contribution in [-0.4, -0.2) is 28.8 Å². The SMILES string of the molecule is Cc1cccc(F)c1C(=O)N1C2CCCC2CC(C(=O)Nc2cccc(F)c2)C1c1ccc(NC2CCCC2)cc1. The van der Waals surface area contributed by atoms with Gasteiger partial charge in [-0.3, -0.25) is 9.59 Å². The molecule has 3 aliphatic rings. The van der Waals surface area contributed by atoms with Crippen LogP contribution in [0.2, 0.25) is 0 Å². The molecule has 1 aliphatic heterocycles. The molecule has 2 N–H and O–H groups in total. The summed E-state index contributed by atoms with van der Waals surface area (Å²) in [7, 11) is 0. The van der Waals surface area contributed by atoms with Gasteiger partial charge in [-0.25, -0.2) is 8.78 Å². The number of anilines is 2. The Hall–Kier alpha value is -3.74. The van der Waals surface area contributed by atoms with E-state index in [1.165, 1.54) is 31.0 Å². The third-order valence-corrected chi connectivity index (χ3v) is 9.29. The highest BCUT2D eigenvalue weighted by Crippen LogP contribution is 2.49. The quantitative estimate of drug-likeness (QED) is 0.327. The van der Waals surface area contributed by atoms with Gasteiger partial charge >= 0.3 is 0 Å². The van der Waals surface area contributed by atoms with Crippen molar-refractivity contribution in [1.82, 2.24) is 4.90 Å². The molecular weight excluding hydrogens is 520 g/mol. The molecule has 214 valence electrons. The zero-order chi connectivity index (χ0) is 28.5. The van der Waals surface area contributed by atoms with Crippen molar-refractivity contribution in [2.75, 3.05) is 10.6 Å². The molecular formula is C34H37F2N3O2. The first-order chi connectivity index (χ1) is 19.9. The van der Waals surface area contributed by atoms with Crippen molar-refractivity contribution < 1.29 is 18.4 Å². The molecule has 0 radical (unpaired) electrons. The Bertz CT molecular complexity index is 1400. The number of nitrogens with zero attached hydrogens (tertiary/aromatic N) is 1. The van der Waals surface area contributed by atoms with Gasteiger partial charge in [-0.2, -0.15) is 0 Å². The Morgan fingerprint density at radius 3 is 2.34 bits per heavy atom. The number of likely N-dealkylation sites (tertiary alicyclic amines) is 1. The predicted octanol–water partition coefficient (Wildman–Crippen LogP) is 7.64. The van der Waals surface area contributed by atoms with Crippen molar-refractivity contribution in [3.8, 4) is 0 Å². The number of hydrogen-bond donors (Lipinski definition) is 2. The van der Waals surface area contributed by atoms with Gasteiger partial charge < -0.3 is 15.5 Å². The zero-order valence-corrected chi connectivity index (χ0v) is 23.4. The molecule has 3 aromatic rings. The first kappa shape index (κ1) is 27.4. The van der Waals surface area contributed by atoms with Gasteiger partial charge in [0.15, 0.2) is 0 Å². The van der Waals surface area contributed by atoms with E-state index < -0.39 is 23.6 Å². The maximum atomic E-state index is 15.2. The van der Waals surface area contributed by atoms with E-state index in [2.05, 4.69) is 10.6 Å². The number of amides is 2. The standard InChI is InChI=1S/C34H37F2N3O2/c1-21-7-4-13-29(36)31(21)34(41)39-30-14-5-8-23(30)19-28(33(40)38-27-12-6-9-24(35)20-27)32(39)22-15-17-26(18-16-22)37-25-10-2-3-11-25/h4,6-7,9,12-13,15-18,20,23,25,28,30,32,37H,2-3,5,8,10-11,14,19H2,1H3,(H,38,40). The molecule has 0 bridgehead atoms. The van der Waals surface area contributed by atoms with Crippen LogP contribution in [-0.2, 0) is 4.79 Å². The van der Waals surface area contributed by atoms with Gasteiger partial charge in [0.05, 0.1) is 17.5 Å². The van der Waals surface area contributed by atoms with Gasteiger partial charge in [0, 0.05) is 23.5 Å². The van der Waals surface area contributed by atoms with E-state index in [1.54, 1.807) is 31.2 Å². The second kappa shape index (κ2) is 11.6. The van der Waals surface area contributed by atoms with Crippen LogP contribution in [0, 0.1) is 30.4 Å². The lowest BCUT2D eigenvalue weighted by Gasteiger charge is -2.48. The fraction of sp³-hybridized carbons (Fsp3) is 0.412. The fourth-order valence-electron chi connectivity index (χ4n) is 7.35. The number of piperidine rings is 1. The van der Waals surface area contributed by atoms with Crippen LogP contribution in [0.4, 0.5) is 20.2 Å². The summed E-state index contributed by atoms with van der Waals surface area (Å²) in [5, 5.41) is 6.52. The minimum atomic E-state index is -0.588. The third-order valence-electron chi connectivity index (χ3n) is 9.29. The first-order valence-corrected chi connectivity index (χ1v) is 14.9. The summed E-state index contributed by atoms with van der Waals surface area (Å²) in [5.74, 6) is -2.07. The van der Waals surface area contributed by atoms with Gasteiger partial charge in [-0.05, 0) is 92.5 Å². The fourth-order valence-corrected chi connectivity index (χ4v) is 7.35. The average molecular weight is 558 g/mol. The number of hydrogen-bond acceptors (Lipinski definition) is 3. The lowest BCUT2D eigenvalue weighted by atomic mass is 9.76. The molecule has 7 heteroatoms. The van der Waals surface area contributed by atoms with Crippen molar-refractivity contribution in [2.24, 2.45) is 11.8 Å².